The molecular formula is C29H58N4O3S3+4. The Labute approximate surface area is 249 Å². The van der Waals surface area contributed by atoms with Crippen molar-refractivity contribution in [1.82, 2.24) is 0 Å². The lowest BCUT2D eigenvalue weighted by atomic mass is 10.2. The minimum Gasteiger partial charge on any atom is -0.319 e. The maximum atomic E-state index is 10.5. The summed E-state index contributed by atoms with van der Waals surface area (Å²) in [5.74, 6) is 5.37. The van der Waals surface area contributed by atoms with Crippen LogP contribution in [0.15, 0.2) is 29.2 Å². The molecule has 2 heterocycles. The van der Waals surface area contributed by atoms with Crippen molar-refractivity contribution in [1.29, 1.82) is 0 Å². The van der Waals surface area contributed by atoms with Crippen LogP contribution in [0.3, 0.4) is 0 Å². The number of thioether (sulfide) groups is 2. The molecule has 3 rings (SSSR count). The molecule has 226 valence electrons. The largest absolute Gasteiger partial charge is 0.319 e. The highest BCUT2D eigenvalue weighted by Gasteiger charge is 2.35. The average molecular weight is 607 g/mol. The van der Waals surface area contributed by atoms with Crippen LogP contribution in [-0.2, 0) is 10.1 Å². The number of hydrogen-bond donors (Lipinski definition) is 1. The number of quaternary nitrogens is 4. The Bertz CT molecular complexity index is 906. The molecule has 0 unspecified atom stereocenters. The molecule has 2 saturated heterocycles. The number of piperazine rings is 2. The first kappa shape index (κ1) is 34.9. The van der Waals surface area contributed by atoms with Gasteiger partial charge in [-0.25, -0.2) is 0 Å². The van der Waals surface area contributed by atoms with E-state index < -0.39 is 10.1 Å². The Kier molecular flexibility index (Phi) is 13.6. The summed E-state index contributed by atoms with van der Waals surface area (Å²) in [5, 5.41) is 0. The standard InChI is InChI=1S/C22H50N4S2.C7H8O3S/c1-23(2)11-15-25(5,16-12-23)21-27-19-9-7-8-10-20-28-22-26(6)17-13-24(3,4)14-18-26;1-6-2-4-7(5-3-6)11(8,9)10/h7-22H2,1-6H3;2-5H,1H3,(H,8,9,10)/q+4;. The predicted molar refractivity (Wildman–Crippen MR) is 170 cm³/mol. The van der Waals surface area contributed by atoms with Crippen LogP contribution in [0.2, 0.25) is 0 Å². The van der Waals surface area contributed by atoms with E-state index in [-0.39, 0.29) is 4.90 Å². The van der Waals surface area contributed by atoms with Crippen LogP contribution in [0.5, 0.6) is 0 Å². The van der Waals surface area contributed by atoms with E-state index in [9.17, 15) is 8.42 Å². The van der Waals surface area contributed by atoms with Gasteiger partial charge in [0.05, 0.1) is 47.2 Å². The Balaban J connectivity index is 0.000000404. The molecule has 7 nitrogen and oxygen atoms in total. The zero-order chi connectivity index (χ0) is 29.2. The highest BCUT2D eigenvalue weighted by Crippen LogP contribution is 2.21. The van der Waals surface area contributed by atoms with E-state index in [1.54, 1.807) is 12.1 Å². The van der Waals surface area contributed by atoms with E-state index in [0.717, 1.165) is 5.56 Å². The van der Waals surface area contributed by atoms with Crippen molar-refractivity contribution in [2.45, 2.75) is 37.5 Å². The highest BCUT2D eigenvalue weighted by molar-refractivity contribution is 7.99. The summed E-state index contributed by atoms with van der Waals surface area (Å²) in [4.78, 5) is -0.0666. The van der Waals surface area contributed by atoms with Crippen molar-refractivity contribution in [3.63, 3.8) is 0 Å². The normalized spacial score (nSPS) is 21.5. The van der Waals surface area contributed by atoms with Gasteiger partial charge in [0.1, 0.15) is 64.1 Å². The molecule has 0 saturated carbocycles. The van der Waals surface area contributed by atoms with Gasteiger partial charge >= 0.3 is 0 Å². The maximum absolute atomic E-state index is 10.5. The number of nitrogens with zero attached hydrogens (tertiary/aromatic N) is 4. The maximum Gasteiger partial charge on any atom is 0.294 e. The first-order valence-corrected chi connectivity index (χ1v) is 18.3. The quantitative estimate of drug-likeness (QED) is 0.219. The van der Waals surface area contributed by atoms with Crippen molar-refractivity contribution in [3.05, 3.63) is 29.8 Å². The summed E-state index contributed by atoms with van der Waals surface area (Å²) in [5.41, 5.74) is 0.956. The zero-order valence-corrected chi connectivity index (χ0v) is 28.3. The molecule has 0 aliphatic carbocycles. The molecule has 2 fully saturated rings. The number of aryl methyl sites for hydroxylation is 1. The zero-order valence-electron chi connectivity index (χ0n) is 25.9. The number of benzene rings is 1. The summed E-state index contributed by atoms with van der Waals surface area (Å²) in [7, 11) is 10.4. The van der Waals surface area contributed by atoms with Gasteiger partial charge in [0, 0.05) is 0 Å². The molecule has 0 aromatic heterocycles. The van der Waals surface area contributed by atoms with Crippen LogP contribution in [0.4, 0.5) is 0 Å². The number of rotatable bonds is 12. The molecule has 0 spiro atoms. The van der Waals surface area contributed by atoms with E-state index >= 15 is 0 Å². The lowest BCUT2D eigenvalue weighted by molar-refractivity contribution is -1.00. The summed E-state index contributed by atoms with van der Waals surface area (Å²) < 4.78 is 34.6. The van der Waals surface area contributed by atoms with Crippen LogP contribution in [0, 0.1) is 6.92 Å². The first-order valence-electron chi connectivity index (χ1n) is 14.5. The third kappa shape index (κ3) is 13.9. The fourth-order valence-electron chi connectivity index (χ4n) is 4.80. The SMILES string of the molecule is C[N+]1(C)CC[N+](C)(CSCCCCCCSC[N+]2(C)CC[N+](C)(C)CC2)CC1.Cc1ccc(S(=O)(=O)O)cc1. The van der Waals surface area contributed by atoms with E-state index in [2.05, 4.69) is 65.8 Å². The number of unbranched alkanes of at least 4 members (excludes halogenated alkanes) is 3. The summed E-state index contributed by atoms with van der Waals surface area (Å²) in [6.07, 6.45) is 5.69. The van der Waals surface area contributed by atoms with Gasteiger partial charge in [0.15, 0.2) is 0 Å². The minimum atomic E-state index is -4.02. The van der Waals surface area contributed by atoms with Gasteiger partial charge in [-0.15, -0.1) is 23.5 Å². The molecule has 0 atom stereocenters. The molecule has 0 amide bonds. The molecule has 2 aliphatic heterocycles. The predicted octanol–water partition coefficient (Wildman–Crippen LogP) is 4.24. The Morgan fingerprint density at radius 3 is 1.33 bits per heavy atom. The lowest BCUT2D eigenvalue weighted by Crippen LogP contribution is -2.62. The van der Waals surface area contributed by atoms with Crippen LogP contribution < -0.4 is 0 Å². The van der Waals surface area contributed by atoms with Crippen molar-refractivity contribution in [3.8, 4) is 0 Å². The van der Waals surface area contributed by atoms with Crippen molar-refractivity contribution in [2.24, 2.45) is 0 Å². The third-order valence-electron chi connectivity index (χ3n) is 8.43. The lowest BCUT2D eigenvalue weighted by Gasteiger charge is -2.44. The van der Waals surface area contributed by atoms with Crippen molar-refractivity contribution >= 4 is 33.6 Å². The van der Waals surface area contributed by atoms with Gasteiger partial charge in [0.2, 0.25) is 0 Å². The minimum absolute atomic E-state index is 0.0666. The second-order valence-corrected chi connectivity index (χ2v) is 17.2. The topological polar surface area (TPSA) is 54.4 Å². The van der Waals surface area contributed by atoms with Gasteiger partial charge in [-0.2, -0.15) is 8.42 Å². The van der Waals surface area contributed by atoms with Gasteiger partial charge in [-0.3, -0.25) is 4.55 Å². The monoisotopic (exact) mass is 606 g/mol. The van der Waals surface area contributed by atoms with Crippen LogP contribution >= 0.6 is 23.5 Å². The Hall–Kier alpha value is -0.330. The fourth-order valence-corrected chi connectivity index (χ4v) is 7.75. The highest BCUT2D eigenvalue weighted by atomic mass is 32.2. The van der Waals surface area contributed by atoms with Crippen LogP contribution in [0.1, 0.15) is 31.2 Å². The first-order chi connectivity index (χ1) is 18.0. The third-order valence-corrected chi connectivity index (χ3v) is 12.1. The molecule has 10 heteroatoms. The van der Waals surface area contributed by atoms with Gasteiger partial charge < -0.3 is 17.9 Å². The van der Waals surface area contributed by atoms with Gasteiger partial charge in [-0.1, -0.05) is 30.5 Å². The van der Waals surface area contributed by atoms with E-state index in [1.165, 1.54) is 131 Å². The molecular weight excluding hydrogens is 549 g/mol. The second-order valence-electron chi connectivity index (χ2n) is 13.7. The summed E-state index contributed by atoms with van der Waals surface area (Å²) in [6, 6.07) is 5.99. The van der Waals surface area contributed by atoms with E-state index in [0.29, 0.717) is 0 Å². The summed E-state index contributed by atoms with van der Waals surface area (Å²) >= 11 is 4.40. The van der Waals surface area contributed by atoms with Crippen LogP contribution in [0.25, 0.3) is 0 Å². The second kappa shape index (κ2) is 15.2. The van der Waals surface area contributed by atoms with Gasteiger partial charge in [0.25, 0.3) is 10.1 Å². The molecule has 0 radical (unpaired) electrons. The smallest absolute Gasteiger partial charge is 0.294 e. The van der Waals surface area contributed by atoms with Crippen molar-refractivity contribution < 1.29 is 30.9 Å². The summed E-state index contributed by atoms with van der Waals surface area (Å²) in [6.45, 7) is 12.6. The number of hydrogen-bond acceptors (Lipinski definition) is 4. The molecule has 1 N–H and O–H groups in total. The van der Waals surface area contributed by atoms with Crippen LogP contribution in [-0.4, -0.2) is 149 Å². The Morgan fingerprint density at radius 2 is 1.00 bits per heavy atom. The fraction of sp³-hybridized carbons (Fsp3) is 0.793. The average Bonchev–Trinajstić information content (AvgIpc) is 2.85. The number of likely N-dealkylation sites (N-methyl/N-ethyl adjacent to an activating group) is 4. The molecule has 1 aromatic carbocycles. The van der Waals surface area contributed by atoms with Gasteiger partial charge in [-0.05, 0) is 43.4 Å². The molecule has 0 bridgehead atoms. The molecule has 2 aliphatic rings. The van der Waals surface area contributed by atoms with E-state index in [4.69, 9.17) is 4.55 Å². The Morgan fingerprint density at radius 1 is 0.641 bits per heavy atom. The molecule has 39 heavy (non-hydrogen) atoms. The molecule has 1 aromatic rings. The van der Waals surface area contributed by atoms with Crippen molar-refractivity contribution in [2.75, 3.05) is 118 Å². The van der Waals surface area contributed by atoms with E-state index in [1.807, 2.05) is 6.92 Å².